The lowest BCUT2D eigenvalue weighted by atomic mass is 9.94. The van der Waals surface area contributed by atoms with Gasteiger partial charge in [0.25, 0.3) is 0 Å². The van der Waals surface area contributed by atoms with Crippen molar-refractivity contribution in [1.29, 1.82) is 0 Å². The molecule has 0 saturated heterocycles. The number of ether oxygens (including phenoxy) is 2. The van der Waals surface area contributed by atoms with Crippen molar-refractivity contribution in [3.05, 3.63) is 71.8 Å². The van der Waals surface area contributed by atoms with Crippen LogP contribution < -0.4 is 19.5 Å². The molecule has 2 aliphatic rings. The molecule has 7 nitrogen and oxygen atoms in total. The van der Waals surface area contributed by atoms with Gasteiger partial charge in [0.1, 0.15) is 0 Å². The van der Waals surface area contributed by atoms with E-state index in [1.54, 1.807) is 45.0 Å². The minimum absolute atomic E-state index is 0. The number of nitrogens with one attached hydrogen (secondary N) is 2. The number of carbonyl (C=O) groups is 1. The molecule has 36 heavy (non-hydrogen) atoms. The smallest absolute Gasteiger partial charge is 0.241 e. The zero-order valence-corrected chi connectivity index (χ0v) is 21.7. The third kappa shape index (κ3) is 4.70. The van der Waals surface area contributed by atoms with E-state index in [0.29, 0.717) is 17.2 Å². The first kappa shape index (κ1) is 24.3. The maximum atomic E-state index is 13.3. The van der Waals surface area contributed by atoms with Crippen molar-refractivity contribution >= 4 is 21.6 Å². The second-order valence-electron chi connectivity index (χ2n) is 10.5. The predicted molar refractivity (Wildman–Crippen MR) is 141 cm³/mol. The van der Waals surface area contributed by atoms with E-state index in [1.165, 1.54) is 0 Å². The Labute approximate surface area is 213 Å². The lowest BCUT2D eigenvalue weighted by Crippen LogP contribution is -2.40. The molecule has 1 amide bonds. The van der Waals surface area contributed by atoms with Crippen LogP contribution in [-0.4, -0.2) is 26.7 Å². The molecule has 0 aromatic heterocycles. The van der Waals surface area contributed by atoms with Crippen LogP contribution >= 0.6 is 0 Å². The van der Waals surface area contributed by atoms with Crippen molar-refractivity contribution in [2.75, 3.05) is 12.1 Å². The van der Waals surface area contributed by atoms with Crippen molar-refractivity contribution < 1.29 is 24.1 Å². The molecule has 1 heterocycles. The molecule has 1 aliphatic heterocycles. The minimum Gasteiger partial charge on any atom is -0.454 e. The average molecular weight is 509 g/mol. The lowest BCUT2D eigenvalue weighted by Gasteiger charge is -2.20. The van der Waals surface area contributed by atoms with Gasteiger partial charge in [0.05, 0.1) is 10.3 Å². The Morgan fingerprint density at radius 1 is 0.944 bits per heavy atom. The summed E-state index contributed by atoms with van der Waals surface area (Å²) in [6.45, 7) is 7.60. The summed E-state index contributed by atoms with van der Waals surface area (Å²) in [6, 6.07) is 18.3. The number of anilines is 1. The monoisotopic (exact) mass is 508 g/mol. The summed E-state index contributed by atoms with van der Waals surface area (Å²) in [5, 5.41) is 3.09. The van der Waals surface area contributed by atoms with Gasteiger partial charge in [-0.2, -0.15) is 0 Å². The lowest BCUT2D eigenvalue weighted by molar-refractivity contribution is -0.118. The molecule has 1 saturated carbocycles. The molecule has 5 rings (SSSR count). The highest BCUT2D eigenvalue weighted by Crippen LogP contribution is 2.51. The van der Waals surface area contributed by atoms with E-state index in [-0.39, 0.29) is 19.0 Å². The molecule has 0 atom stereocenters. The molecular weight excluding hydrogens is 476 g/mol. The van der Waals surface area contributed by atoms with Gasteiger partial charge >= 0.3 is 0 Å². The summed E-state index contributed by atoms with van der Waals surface area (Å²) in [6.07, 6.45) is 1.55. The number of fused-ring (bicyclic) bond motifs is 1. The second kappa shape index (κ2) is 8.64. The molecule has 0 radical (unpaired) electrons. The summed E-state index contributed by atoms with van der Waals surface area (Å²) in [7, 11) is -3.61. The van der Waals surface area contributed by atoms with Crippen molar-refractivity contribution in [3.8, 4) is 22.6 Å². The van der Waals surface area contributed by atoms with E-state index < -0.39 is 21.0 Å². The Morgan fingerprint density at radius 3 is 2.31 bits per heavy atom. The van der Waals surface area contributed by atoms with Gasteiger partial charge in [-0.15, -0.1) is 0 Å². The van der Waals surface area contributed by atoms with Crippen LogP contribution in [0.5, 0.6) is 11.5 Å². The van der Waals surface area contributed by atoms with Crippen LogP contribution in [0.15, 0.2) is 65.6 Å². The van der Waals surface area contributed by atoms with Crippen molar-refractivity contribution in [3.63, 3.8) is 0 Å². The van der Waals surface area contributed by atoms with Gasteiger partial charge in [-0.05, 0) is 99.2 Å². The first-order valence-corrected chi connectivity index (χ1v) is 13.4. The quantitative estimate of drug-likeness (QED) is 0.466. The van der Waals surface area contributed by atoms with Crippen LogP contribution in [0.25, 0.3) is 11.1 Å². The van der Waals surface area contributed by atoms with Gasteiger partial charge in [-0.1, -0.05) is 24.3 Å². The summed E-state index contributed by atoms with van der Waals surface area (Å²) in [5.74, 6) is 1.32. The number of hydrogen-bond donors (Lipinski definition) is 2. The van der Waals surface area contributed by atoms with Crippen molar-refractivity contribution in [2.45, 2.75) is 56.4 Å². The summed E-state index contributed by atoms with van der Waals surface area (Å²) in [4.78, 5) is 13.6. The number of hydrogen-bond acceptors (Lipinski definition) is 5. The highest BCUT2D eigenvalue weighted by atomic mass is 32.2. The molecule has 1 fully saturated rings. The van der Waals surface area contributed by atoms with Gasteiger partial charge < -0.3 is 14.8 Å². The van der Waals surface area contributed by atoms with Gasteiger partial charge in [-0.3, -0.25) is 4.79 Å². The Balaban J connectivity index is 0.00000320. The van der Waals surface area contributed by atoms with Crippen LogP contribution in [-0.2, 0) is 20.2 Å². The largest absolute Gasteiger partial charge is 0.454 e. The number of sulfonamides is 1. The SMILES string of the molecule is Cc1ccc(NC(=O)C2(c3ccc4c(c3)OCO4)CC2)cc1-c1ccc(S(=O)(=O)NC(C)(C)C)cc1.[HH]. The number of benzene rings is 3. The van der Waals surface area contributed by atoms with E-state index in [4.69, 9.17) is 9.47 Å². The number of amides is 1. The van der Waals surface area contributed by atoms with Crippen LogP contribution in [0.1, 0.15) is 46.2 Å². The fourth-order valence-corrected chi connectivity index (χ4v) is 5.92. The fraction of sp³-hybridized carbons (Fsp3) is 0.321. The van der Waals surface area contributed by atoms with E-state index in [1.807, 2.05) is 43.3 Å². The van der Waals surface area contributed by atoms with E-state index >= 15 is 0 Å². The molecule has 3 aromatic carbocycles. The maximum Gasteiger partial charge on any atom is 0.241 e. The van der Waals surface area contributed by atoms with E-state index in [2.05, 4.69) is 10.0 Å². The maximum absolute atomic E-state index is 13.3. The Morgan fingerprint density at radius 2 is 1.64 bits per heavy atom. The molecular formula is C28H32N2O5S. The molecule has 2 N–H and O–H groups in total. The molecule has 0 spiro atoms. The molecule has 0 unspecified atom stereocenters. The second-order valence-corrected chi connectivity index (χ2v) is 12.2. The molecule has 3 aromatic rings. The van der Waals surface area contributed by atoms with Gasteiger partial charge in [0, 0.05) is 12.7 Å². The molecule has 0 bridgehead atoms. The first-order valence-electron chi connectivity index (χ1n) is 11.9. The third-order valence-corrected chi connectivity index (χ3v) is 8.30. The van der Waals surface area contributed by atoms with Crippen molar-refractivity contribution in [1.82, 2.24) is 4.72 Å². The van der Waals surface area contributed by atoms with Crippen molar-refractivity contribution in [2.24, 2.45) is 0 Å². The van der Waals surface area contributed by atoms with Crippen LogP contribution in [0.4, 0.5) is 5.69 Å². The number of rotatable bonds is 6. The van der Waals surface area contributed by atoms with Crippen LogP contribution in [0.3, 0.4) is 0 Å². The van der Waals surface area contributed by atoms with Crippen LogP contribution in [0, 0.1) is 6.92 Å². The van der Waals surface area contributed by atoms with E-state index in [9.17, 15) is 13.2 Å². The molecule has 8 heteroatoms. The summed E-state index contributed by atoms with van der Waals surface area (Å²) >= 11 is 0. The van der Waals surface area contributed by atoms with Gasteiger partial charge in [-0.25, -0.2) is 13.1 Å². The average Bonchev–Trinajstić information content (AvgIpc) is 3.50. The van der Waals surface area contributed by atoms with Crippen LogP contribution in [0.2, 0.25) is 0 Å². The predicted octanol–water partition coefficient (Wildman–Crippen LogP) is 5.38. The molecule has 1 aliphatic carbocycles. The number of aryl methyl sites for hydroxylation is 1. The Bertz CT molecular complexity index is 1440. The van der Waals surface area contributed by atoms with E-state index in [0.717, 1.165) is 35.1 Å². The van der Waals surface area contributed by atoms with Gasteiger partial charge in [0.2, 0.25) is 22.7 Å². The third-order valence-electron chi connectivity index (χ3n) is 6.52. The van der Waals surface area contributed by atoms with Gasteiger partial charge in [0.15, 0.2) is 11.5 Å². The highest BCUT2D eigenvalue weighted by Gasteiger charge is 2.51. The zero-order valence-electron chi connectivity index (χ0n) is 20.8. The topological polar surface area (TPSA) is 93.7 Å². The summed E-state index contributed by atoms with van der Waals surface area (Å²) in [5.41, 5.74) is 3.30. The molecule has 190 valence electrons. The Hall–Kier alpha value is -3.36. The highest BCUT2D eigenvalue weighted by molar-refractivity contribution is 7.89. The summed E-state index contributed by atoms with van der Waals surface area (Å²) < 4.78 is 38.8. The standard InChI is InChI=1S/C28H30N2O5S.H2/c1-18-5-9-21(16-23(18)19-6-10-22(11-7-19)36(32,33)30-27(2,3)4)29-26(31)28(13-14-28)20-8-12-24-25(15-20)35-17-34-24;/h5-12,15-16,30H,13-14,17H2,1-4H3,(H,29,31);1H. The number of carbonyl (C=O) groups excluding carboxylic acids is 1. The Kier molecular flexibility index (Phi) is 5.84. The first-order chi connectivity index (χ1) is 17.0. The normalized spacial score (nSPS) is 16.0. The minimum atomic E-state index is -3.61. The zero-order chi connectivity index (χ0) is 25.7. The fourth-order valence-electron chi connectivity index (χ4n) is 4.50.